The van der Waals surface area contributed by atoms with Crippen LogP contribution < -0.4 is 5.32 Å². The molecule has 1 atom stereocenters. The summed E-state index contributed by atoms with van der Waals surface area (Å²) in [6, 6.07) is 20.3. The molecule has 1 aliphatic rings. The van der Waals surface area contributed by atoms with Crippen LogP contribution in [0.3, 0.4) is 0 Å². The molecule has 4 aromatic rings. The molecule has 0 radical (unpaired) electrons. The quantitative estimate of drug-likeness (QED) is 0.435. The Morgan fingerprint density at radius 2 is 1.52 bits per heavy atom. The van der Waals surface area contributed by atoms with Gasteiger partial charge in [0.1, 0.15) is 5.00 Å². The van der Waals surface area contributed by atoms with Crippen molar-refractivity contribution in [3.8, 4) is 11.1 Å². The van der Waals surface area contributed by atoms with Gasteiger partial charge in [-0.05, 0) is 22.4 Å². The minimum absolute atomic E-state index is 0.0127. The minimum Gasteiger partial charge on any atom is -0.313 e. The number of amides is 1. The number of anilines is 1. The van der Waals surface area contributed by atoms with Crippen molar-refractivity contribution in [2.24, 2.45) is 0 Å². The van der Waals surface area contributed by atoms with E-state index in [0.29, 0.717) is 16.9 Å². The van der Waals surface area contributed by atoms with Crippen LogP contribution in [-0.4, -0.2) is 11.7 Å². The molecule has 142 valence electrons. The number of nitrogens with one attached hydrogen (secondary N) is 1. The summed E-state index contributed by atoms with van der Waals surface area (Å²) in [5, 5.41) is 3.61. The van der Waals surface area contributed by atoms with Crippen molar-refractivity contribution in [3.05, 3.63) is 89.1 Å². The molecule has 29 heavy (non-hydrogen) atoms. The summed E-state index contributed by atoms with van der Waals surface area (Å²) in [4.78, 5) is 25.7. The fourth-order valence-electron chi connectivity index (χ4n) is 3.71. The van der Waals surface area contributed by atoms with Crippen molar-refractivity contribution in [3.63, 3.8) is 0 Å². The first-order valence-electron chi connectivity index (χ1n) is 8.92. The molecule has 0 bridgehead atoms. The van der Waals surface area contributed by atoms with Crippen molar-refractivity contribution < 1.29 is 18.4 Å². The van der Waals surface area contributed by atoms with Crippen LogP contribution in [0.4, 0.5) is 13.8 Å². The Labute approximate surface area is 168 Å². The largest absolute Gasteiger partial charge is 0.313 e. The molecule has 1 amide bonds. The zero-order chi connectivity index (χ0) is 20.2. The maximum absolute atomic E-state index is 15.8. The van der Waals surface area contributed by atoms with Crippen LogP contribution in [-0.2, 0) is 10.5 Å². The first-order valence-corrected chi connectivity index (χ1v) is 9.74. The van der Waals surface area contributed by atoms with E-state index in [0.717, 1.165) is 10.8 Å². The summed E-state index contributed by atoms with van der Waals surface area (Å²) in [5.41, 5.74) is -2.65. The van der Waals surface area contributed by atoms with E-state index in [1.807, 2.05) is 30.3 Å². The van der Waals surface area contributed by atoms with Gasteiger partial charge in [-0.25, -0.2) is 4.39 Å². The zero-order valence-electron chi connectivity index (χ0n) is 14.9. The Balaban J connectivity index is 1.72. The van der Waals surface area contributed by atoms with Gasteiger partial charge in [0.15, 0.2) is 5.13 Å². The van der Waals surface area contributed by atoms with Gasteiger partial charge in [-0.1, -0.05) is 78.1 Å². The zero-order valence-corrected chi connectivity index (χ0v) is 15.7. The highest BCUT2D eigenvalue weighted by molar-refractivity contribution is 7.15. The van der Waals surface area contributed by atoms with E-state index in [1.165, 1.54) is 12.1 Å². The van der Waals surface area contributed by atoms with Gasteiger partial charge in [0.2, 0.25) is 5.78 Å². The second kappa shape index (κ2) is 6.32. The molecule has 5 rings (SSSR count). The summed E-state index contributed by atoms with van der Waals surface area (Å²) in [5.74, 6) is -2.15. The number of halogens is 2. The summed E-state index contributed by atoms with van der Waals surface area (Å²) in [7, 11) is 0. The predicted molar refractivity (Wildman–Crippen MR) is 109 cm³/mol. The average molecular weight is 405 g/mol. The average Bonchev–Trinajstić information content (AvgIpc) is 3.08. The van der Waals surface area contributed by atoms with Crippen molar-refractivity contribution in [2.75, 3.05) is 5.32 Å². The number of carbonyl (C=O) groups excluding carboxylic acids is 2. The number of rotatable bonds is 2. The molecule has 1 aromatic heterocycles. The highest BCUT2D eigenvalue weighted by Gasteiger charge is 2.54. The lowest BCUT2D eigenvalue weighted by Crippen LogP contribution is -2.47. The molecule has 1 unspecified atom stereocenters. The highest BCUT2D eigenvalue weighted by atomic mass is 32.1. The number of ketones is 1. The fourth-order valence-corrected chi connectivity index (χ4v) is 4.65. The third-order valence-corrected chi connectivity index (χ3v) is 6.05. The van der Waals surface area contributed by atoms with Gasteiger partial charge >= 0.3 is 0 Å². The molecule has 1 N–H and O–H groups in total. The number of fused-ring (bicyclic) bond motifs is 2. The van der Waals surface area contributed by atoms with Gasteiger partial charge in [-0.3, -0.25) is 9.59 Å². The molecular formula is C23H13F2NO2S. The van der Waals surface area contributed by atoms with E-state index in [1.54, 1.807) is 30.3 Å². The van der Waals surface area contributed by atoms with Gasteiger partial charge in [-0.2, -0.15) is 4.39 Å². The van der Waals surface area contributed by atoms with Crippen molar-refractivity contribution >= 4 is 38.8 Å². The molecule has 3 nitrogen and oxygen atoms in total. The Kier molecular flexibility index (Phi) is 3.86. The van der Waals surface area contributed by atoms with Gasteiger partial charge < -0.3 is 5.32 Å². The van der Waals surface area contributed by atoms with Gasteiger partial charge in [-0.15, -0.1) is 0 Å². The highest BCUT2D eigenvalue weighted by Crippen LogP contribution is 2.47. The maximum Gasteiger partial charge on any atom is 0.275 e. The molecule has 0 saturated carbocycles. The minimum atomic E-state index is -2.91. The number of hydrogen-bond acceptors (Lipinski definition) is 3. The number of Topliss-reactive ketones (excluding diaryl/α,β-unsaturated/α-hetero) is 1. The fraction of sp³-hybridized carbons (Fsp3) is 0.0435. The van der Waals surface area contributed by atoms with E-state index in [-0.39, 0.29) is 21.7 Å². The summed E-state index contributed by atoms with van der Waals surface area (Å²) < 4.78 is 30.8. The van der Waals surface area contributed by atoms with Gasteiger partial charge in [0.25, 0.3) is 11.6 Å². The Hall–Kier alpha value is -3.38. The van der Waals surface area contributed by atoms with Crippen LogP contribution in [0.5, 0.6) is 0 Å². The monoisotopic (exact) mass is 405 g/mol. The second-order valence-corrected chi connectivity index (χ2v) is 7.80. The molecule has 0 aliphatic carbocycles. The van der Waals surface area contributed by atoms with Gasteiger partial charge in [0, 0.05) is 11.1 Å². The molecule has 0 fully saturated rings. The number of carbonyl (C=O) groups is 2. The van der Waals surface area contributed by atoms with Crippen LogP contribution in [0.2, 0.25) is 0 Å². The summed E-state index contributed by atoms with van der Waals surface area (Å²) in [6.45, 7) is 0. The number of alkyl halides is 1. The molecule has 6 heteroatoms. The topological polar surface area (TPSA) is 46.2 Å². The number of thiophene rings is 1. The molecule has 2 heterocycles. The summed E-state index contributed by atoms with van der Waals surface area (Å²) in [6.07, 6.45) is 0. The van der Waals surface area contributed by atoms with E-state index in [9.17, 15) is 14.0 Å². The van der Waals surface area contributed by atoms with Crippen molar-refractivity contribution in [1.82, 2.24) is 0 Å². The van der Waals surface area contributed by atoms with Crippen LogP contribution >= 0.6 is 11.3 Å². The van der Waals surface area contributed by atoms with Crippen LogP contribution in [0.25, 0.3) is 21.9 Å². The first-order chi connectivity index (χ1) is 14.0. The van der Waals surface area contributed by atoms with Crippen LogP contribution in [0, 0.1) is 5.13 Å². The maximum atomic E-state index is 15.8. The van der Waals surface area contributed by atoms with Crippen LogP contribution in [0.1, 0.15) is 15.9 Å². The molecule has 3 aromatic carbocycles. The van der Waals surface area contributed by atoms with E-state index in [2.05, 4.69) is 5.32 Å². The number of hydrogen-bond donors (Lipinski definition) is 1. The molecule has 0 saturated heterocycles. The number of benzene rings is 3. The smallest absolute Gasteiger partial charge is 0.275 e. The molecule has 1 aliphatic heterocycles. The molecular weight excluding hydrogens is 392 g/mol. The second-order valence-electron chi connectivity index (χ2n) is 6.82. The normalized spacial score (nSPS) is 18.6. The lowest BCUT2D eigenvalue weighted by atomic mass is 9.83. The predicted octanol–water partition coefficient (Wildman–Crippen LogP) is 5.71. The Morgan fingerprint density at radius 1 is 0.828 bits per heavy atom. The van der Waals surface area contributed by atoms with Crippen LogP contribution in [0.15, 0.2) is 72.8 Å². The third-order valence-electron chi connectivity index (χ3n) is 5.15. The van der Waals surface area contributed by atoms with E-state index in [4.69, 9.17) is 0 Å². The lowest BCUT2D eigenvalue weighted by Gasteiger charge is -2.28. The summed E-state index contributed by atoms with van der Waals surface area (Å²) >= 11 is 0.634. The third kappa shape index (κ3) is 2.53. The van der Waals surface area contributed by atoms with Gasteiger partial charge in [0.05, 0.1) is 5.56 Å². The first kappa shape index (κ1) is 17.7. The molecule has 0 spiro atoms. The Morgan fingerprint density at radius 3 is 2.28 bits per heavy atom. The standard InChI is InChI=1S/C23H13F2NO2S/c24-20-17(15-11-10-13-6-4-5-7-14(13)12-15)18-19(27)23(25,16-8-2-1-3-9-16)22(28)26-21(18)29-20/h1-12H,(H,26,28). The Bertz CT molecular complexity index is 1300. The SMILES string of the molecule is O=C1Nc2sc(F)c(-c3ccc4ccccc4c3)c2C(=O)C1(F)c1ccccc1. The van der Waals surface area contributed by atoms with E-state index < -0.39 is 22.5 Å². The van der Waals surface area contributed by atoms with Crippen molar-refractivity contribution in [1.29, 1.82) is 0 Å². The van der Waals surface area contributed by atoms with Crippen molar-refractivity contribution in [2.45, 2.75) is 5.67 Å². The lowest BCUT2D eigenvalue weighted by molar-refractivity contribution is -0.125. The van der Waals surface area contributed by atoms with E-state index >= 15 is 4.39 Å².